The van der Waals surface area contributed by atoms with E-state index in [9.17, 15) is 18.5 Å². The molecule has 0 fully saturated rings. The van der Waals surface area contributed by atoms with Crippen molar-refractivity contribution in [1.29, 1.82) is 0 Å². The third-order valence-electron chi connectivity index (χ3n) is 4.97. The maximum atomic E-state index is 12.7. The Hall–Kier alpha value is -3.40. The molecule has 10 heteroatoms. The first-order valence-corrected chi connectivity index (χ1v) is 11.4. The van der Waals surface area contributed by atoms with Crippen LogP contribution in [-0.4, -0.2) is 26.2 Å². The molecule has 2 aromatic rings. The number of hydrazone groups is 1. The second-order valence-corrected chi connectivity index (χ2v) is 10.2. The number of hydrogen-bond acceptors (Lipinski definition) is 7. The van der Waals surface area contributed by atoms with Gasteiger partial charge >= 0.3 is 0 Å². The SMILES string of the molecule is COc1ccc(NS(=O)(=O)c2ccc(NN=C3C=C(C)CC(C)(C)C3)c([N+](=O)[O-])c2)cc1. The lowest BCUT2D eigenvalue weighted by Crippen LogP contribution is -2.22. The Labute approximate surface area is 187 Å². The molecule has 0 amide bonds. The summed E-state index contributed by atoms with van der Waals surface area (Å²) in [4.78, 5) is 10.7. The average Bonchev–Trinajstić information content (AvgIpc) is 2.71. The predicted octanol–water partition coefficient (Wildman–Crippen LogP) is 4.94. The van der Waals surface area contributed by atoms with Gasteiger partial charge in [-0.05, 0) is 67.7 Å². The Bertz CT molecular complexity index is 1190. The number of benzene rings is 2. The minimum absolute atomic E-state index is 0.0519. The maximum absolute atomic E-state index is 12.7. The Morgan fingerprint density at radius 1 is 1.12 bits per heavy atom. The second kappa shape index (κ2) is 8.99. The quantitative estimate of drug-likeness (QED) is 0.447. The van der Waals surface area contributed by atoms with Crippen LogP contribution >= 0.6 is 0 Å². The summed E-state index contributed by atoms with van der Waals surface area (Å²) in [7, 11) is -2.53. The molecule has 1 aliphatic rings. The molecule has 0 atom stereocenters. The molecule has 1 aliphatic carbocycles. The summed E-state index contributed by atoms with van der Waals surface area (Å²) in [5, 5.41) is 15.9. The van der Waals surface area contributed by atoms with Gasteiger partial charge in [-0.2, -0.15) is 5.10 Å². The number of nitro groups is 1. The van der Waals surface area contributed by atoms with Crippen LogP contribution < -0.4 is 14.9 Å². The molecule has 3 rings (SSSR count). The lowest BCUT2D eigenvalue weighted by molar-refractivity contribution is -0.384. The van der Waals surface area contributed by atoms with Gasteiger partial charge < -0.3 is 4.74 Å². The van der Waals surface area contributed by atoms with Gasteiger partial charge in [-0.25, -0.2) is 8.42 Å². The molecule has 0 saturated heterocycles. The molecular formula is C22H26N4O5S. The molecule has 0 saturated carbocycles. The molecule has 2 aromatic carbocycles. The number of allylic oxidation sites excluding steroid dienone is 2. The molecule has 0 unspecified atom stereocenters. The third-order valence-corrected chi connectivity index (χ3v) is 6.35. The number of nitrogens with one attached hydrogen (secondary N) is 2. The molecule has 0 heterocycles. The van der Waals surface area contributed by atoms with Gasteiger partial charge in [0.05, 0.1) is 22.6 Å². The molecule has 32 heavy (non-hydrogen) atoms. The summed E-state index contributed by atoms with van der Waals surface area (Å²) in [6.45, 7) is 6.29. The molecule has 0 spiro atoms. The maximum Gasteiger partial charge on any atom is 0.295 e. The molecule has 0 aliphatic heterocycles. The van der Waals surface area contributed by atoms with Gasteiger partial charge in [0.1, 0.15) is 11.4 Å². The van der Waals surface area contributed by atoms with Crippen LogP contribution in [0.5, 0.6) is 5.75 Å². The van der Waals surface area contributed by atoms with Crippen molar-refractivity contribution >= 4 is 32.8 Å². The first-order valence-electron chi connectivity index (χ1n) is 9.94. The first-order chi connectivity index (χ1) is 15.0. The summed E-state index contributed by atoms with van der Waals surface area (Å²) in [6.07, 6.45) is 3.64. The average molecular weight is 459 g/mol. The highest BCUT2D eigenvalue weighted by Gasteiger charge is 2.25. The molecule has 0 aromatic heterocycles. The van der Waals surface area contributed by atoms with Crippen molar-refractivity contribution in [3.05, 3.63) is 64.2 Å². The van der Waals surface area contributed by atoms with Crippen LogP contribution in [-0.2, 0) is 10.0 Å². The Kier molecular flexibility index (Phi) is 6.54. The van der Waals surface area contributed by atoms with Crippen LogP contribution in [0.15, 0.2) is 64.1 Å². The van der Waals surface area contributed by atoms with Crippen LogP contribution in [0.3, 0.4) is 0 Å². The minimum Gasteiger partial charge on any atom is -0.497 e. The number of methoxy groups -OCH3 is 1. The molecule has 9 nitrogen and oxygen atoms in total. The predicted molar refractivity (Wildman–Crippen MR) is 125 cm³/mol. The van der Waals surface area contributed by atoms with E-state index in [0.29, 0.717) is 11.4 Å². The molecule has 2 N–H and O–H groups in total. The lowest BCUT2D eigenvalue weighted by Gasteiger charge is -2.29. The summed E-state index contributed by atoms with van der Waals surface area (Å²) in [6, 6.07) is 9.95. The number of hydrogen-bond donors (Lipinski definition) is 2. The summed E-state index contributed by atoms with van der Waals surface area (Å²) >= 11 is 0. The fourth-order valence-electron chi connectivity index (χ4n) is 3.70. The third kappa shape index (κ3) is 5.64. The largest absolute Gasteiger partial charge is 0.497 e. The Balaban J connectivity index is 1.86. The monoisotopic (exact) mass is 458 g/mol. The van der Waals surface area contributed by atoms with Crippen molar-refractivity contribution in [3.8, 4) is 5.75 Å². The normalized spacial score (nSPS) is 16.9. The standard InChI is InChI=1S/C22H26N4O5S/c1-15-11-17(14-22(2,3)13-15)23-24-20-10-9-19(12-21(20)26(27)28)32(29,30)25-16-5-7-18(31-4)8-6-16/h5-12,24-25H,13-14H2,1-4H3. The number of rotatable bonds is 7. The summed E-state index contributed by atoms with van der Waals surface area (Å²) in [5.74, 6) is 0.576. The fourth-order valence-corrected chi connectivity index (χ4v) is 4.77. The zero-order chi connectivity index (χ0) is 23.5. The number of anilines is 2. The van der Waals surface area contributed by atoms with Gasteiger partial charge in [-0.1, -0.05) is 19.4 Å². The van der Waals surface area contributed by atoms with Crippen molar-refractivity contribution in [3.63, 3.8) is 0 Å². The minimum atomic E-state index is -4.03. The molecule has 0 radical (unpaired) electrons. The van der Waals surface area contributed by atoms with E-state index in [-0.39, 0.29) is 21.7 Å². The number of nitrogens with zero attached hydrogens (tertiary/aromatic N) is 2. The van der Waals surface area contributed by atoms with Gasteiger partial charge in [-0.3, -0.25) is 20.3 Å². The van der Waals surface area contributed by atoms with Crippen LogP contribution in [0, 0.1) is 15.5 Å². The van der Waals surface area contributed by atoms with Crippen molar-refractivity contribution < 1.29 is 18.1 Å². The van der Waals surface area contributed by atoms with Crippen molar-refractivity contribution in [1.82, 2.24) is 0 Å². The zero-order valence-corrected chi connectivity index (χ0v) is 19.2. The van der Waals surface area contributed by atoms with Gasteiger partial charge in [-0.15, -0.1) is 0 Å². The Morgan fingerprint density at radius 3 is 2.41 bits per heavy atom. The number of ether oxygens (including phenoxy) is 1. The fraction of sp³-hybridized carbons (Fsp3) is 0.318. The van der Waals surface area contributed by atoms with E-state index in [0.717, 1.165) is 24.6 Å². The highest BCUT2D eigenvalue weighted by molar-refractivity contribution is 7.92. The molecule has 0 bridgehead atoms. The zero-order valence-electron chi connectivity index (χ0n) is 18.4. The summed E-state index contributed by atoms with van der Waals surface area (Å²) in [5.41, 5.74) is 4.79. The lowest BCUT2D eigenvalue weighted by atomic mass is 9.77. The highest BCUT2D eigenvalue weighted by Crippen LogP contribution is 2.34. The number of sulfonamides is 1. The van der Waals surface area contributed by atoms with E-state index in [4.69, 9.17) is 4.74 Å². The van der Waals surface area contributed by atoms with Crippen molar-refractivity contribution in [2.24, 2.45) is 10.5 Å². The topological polar surface area (TPSA) is 123 Å². The van der Waals surface area contributed by atoms with Crippen LogP contribution in [0.4, 0.5) is 17.1 Å². The van der Waals surface area contributed by atoms with Gasteiger partial charge in [0.15, 0.2) is 0 Å². The highest BCUT2D eigenvalue weighted by atomic mass is 32.2. The number of nitro benzene ring substituents is 1. The van der Waals surface area contributed by atoms with Crippen molar-refractivity contribution in [2.45, 2.75) is 38.5 Å². The van der Waals surface area contributed by atoms with Crippen molar-refractivity contribution in [2.75, 3.05) is 17.3 Å². The van der Waals surface area contributed by atoms with E-state index >= 15 is 0 Å². The van der Waals surface area contributed by atoms with E-state index in [2.05, 4.69) is 29.1 Å². The van der Waals surface area contributed by atoms with Crippen LogP contribution in [0.2, 0.25) is 0 Å². The van der Waals surface area contributed by atoms with Gasteiger partial charge in [0.2, 0.25) is 0 Å². The van der Waals surface area contributed by atoms with Crippen LogP contribution in [0.25, 0.3) is 0 Å². The summed E-state index contributed by atoms with van der Waals surface area (Å²) < 4.78 is 32.9. The van der Waals surface area contributed by atoms with E-state index < -0.39 is 14.9 Å². The smallest absolute Gasteiger partial charge is 0.295 e. The second-order valence-electron chi connectivity index (χ2n) is 8.49. The molecule has 170 valence electrons. The van der Waals surface area contributed by atoms with Gasteiger partial charge in [0.25, 0.3) is 15.7 Å². The van der Waals surface area contributed by atoms with E-state index in [1.165, 1.54) is 36.9 Å². The van der Waals surface area contributed by atoms with E-state index in [1.807, 2.05) is 13.0 Å². The first kappa shape index (κ1) is 23.3. The van der Waals surface area contributed by atoms with Crippen LogP contribution in [0.1, 0.15) is 33.6 Å². The molecular weight excluding hydrogens is 432 g/mol. The van der Waals surface area contributed by atoms with Gasteiger partial charge in [0, 0.05) is 11.8 Å². The Morgan fingerprint density at radius 2 is 1.81 bits per heavy atom. The van der Waals surface area contributed by atoms with E-state index in [1.54, 1.807) is 12.1 Å².